The van der Waals surface area contributed by atoms with Crippen LogP contribution in [0, 0.1) is 17.8 Å². The van der Waals surface area contributed by atoms with Gasteiger partial charge in [0, 0.05) is 12.6 Å². The fourth-order valence-electron chi connectivity index (χ4n) is 4.06. The summed E-state index contributed by atoms with van der Waals surface area (Å²) in [7, 11) is 0. The summed E-state index contributed by atoms with van der Waals surface area (Å²) < 4.78 is 0. The average Bonchev–Trinajstić information content (AvgIpc) is 2.32. The molecule has 0 spiro atoms. The molecule has 2 rings (SSSR count). The molecule has 2 N–H and O–H groups in total. The standard InChI is InChI=1S/C16H30N2O/c1-11-6-5-7-16(17,9-11)15(19)18-10-12(2)8-13(3)14(18)4/h11-14H,5-10,17H2,1-4H3. The molecule has 1 saturated heterocycles. The van der Waals surface area contributed by atoms with Crippen molar-refractivity contribution in [3.63, 3.8) is 0 Å². The molecule has 110 valence electrons. The Labute approximate surface area is 117 Å². The van der Waals surface area contributed by atoms with Gasteiger partial charge in [0.15, 0.2) is 0 Å². The van der Waals surface area contributed by atoms with Gasteiger partial charge < -0.3 is 10.6 Å². The number of nitrogens with zero attached hydrogens (tertiary/aromatic N) is 1. The lowest BCUT2D eigenvalue weighted by atomic mass is 9.75. The number of amides is 1. The van der Waals surface area contributed by atoms with Gasteiger partial charge in [0.25, 0.3) is 0 Å². The number of rotatable bonds is 1. The second kappa shape index (κ2) is 5.43. The second-order valence-corrected chi connectivity index (χ2v) is 7.37. The van der Waals surface area contributed by atoms with E-state index >= 15 is 0 Å². The Morgan fingerprint density at radius 1 is 1.21 bits per heavy atom. The zero-order valence-electron chi connectivity index (χ0n) is 13.0. The molecule has 2 fully saturated rings. The van der Waals surface area contributed by atoms with Crippen molar-refractivity contribution in [2.75, 3.05) is 6.54 Å². The van der Waals surface area contributed by atoms with Crippen LogP contribution in [0.1, 0.15) is 59.8 Å². The molecular weight excluding hydrogens is 236 g/mol. The normalized spacial score (nSPS) is 44.2. The van der Waals surface area contributed by atoms with Crippen molar-refractivity contribution < 1.29 is 4.79 Å². The van der Waals surface area contributed by atoms with Crippen molar-refractivity contribution in [2.24, 2.45) is 23.5 Å². The van der Waals surface area contributed by atoms with Crippen molar-refractivity contribution in [3.05, 3.63) is 0 Å². The first-order chi connectivity index (χ1) is 8.83. The predicted octanol–water partition coefficient (Wildman–Crippen LogP) is 2.79. The third-order valence-electron chi connectivity index (χ3n) is 5.32. The predicted molar refractivity (Wildman–Crippen MR) is 78.7 cm³/mol. The number of nitrogens with two attached hydrogens (primary N) is 1. The quantitative estimate of drug-likeness (QED) is 0.793. The van der Waals surface area contributed by atoms with Gasteiger partial charge >= 0.3 is 0 Å². The van der Waals surface area contributed by atoms with E-state index in [-0.39, 0.29) is 5.91 Å². The highest BCUT2D eigenvalue weighted by Gasteiger charge is 2.43. The summed E-state index contributed by atoms with van der Waals surface area (Å²) in [5.74, 6) is 1.97. The Morgan fingerprint density at radius 2 is 1.89 bits per heavy atom. The van der Waals surface area contributed by atoms with Crippen LogP contribution in [0.2, 0.25) is 0 Å². The summed E-state index contributed by atoms with van der Waals surface area (Å²) in [6.45, 7) is 9.79. The maximum atomic E-state index is 12.9. The van der Waals surface area contributed by atoms with Crippen LogP contribution in [0.5, 0.6) is 0 Å². The van der Waals surface area contributed by atoms with Crippen LogP contribution in [0.3, 0.4) is 0 Å². The van der Waals surface area contributed by atoms with Crippen LogP contribution in [0.25, 0.3) is 0 Å². The average molecular weight is 266 g/mol. The van der Waals surface area contributed by atoms with E-state index in [1.807, 2.05) is 0 Å². The first-order valence-corrected chi connectivity index (χ1v) is 7.93. The van der Waals surface area contributed by atoms with Crippen molar-refractivity contribution in [1.29, 1.82) is 0 Å². The summed E-state index contributed by atoms with van der Waals surface area (Å²) in [4.78, 5) is 15.0. The molecule has 0 radical (unpaired) electrons. The molecule has 5 unspecified atom stereocenters. The first-order valence-electron chi connectivity index (χ1n) is 7.93. The zero-order chi connectivity index (χ0) is 14.2. The monoisotopic (exact) mass is 266 g/mol. The van der Waals surface area contributed by atoms with Crippen LogP contribution >= 0.6 is 0 Å². The Balaban J connectivity index is 2.13. The number of carbonyl (C=O) groups is 1. The van der Waals surface area contributed by atoms with E-state index in [2.05, 4.69) is 32.6 Å². The van der Waals surface area contributed by atoms with Gasteiger partial charge in [-0.1, -0.05) is 33.6 Å². The number of likely N-dealkylation sites (tertiary alicyclic amines) is 1. The van der Waals surface area contributed by atoms with Gasteiger partial charge in [-0.05, 0) is 43.9 Å². The van der Waals surface area contributed by atoms with E-state index in [4.69, 9.17) is 5.73 Å². The van der Waals surface area contributed by atoms with Crippen LogP contribution in [0.4, 0.5) is 0 Å². The van der Waals surface area contributed by atoms with Crippen molar-refractivity contribution >= 4 is 5.91 Å². The Bertz CT molecular complexity index is 344. The highest BCUT2D eigenvalue weighted by atomic mass is 16.2. The molecule has 5 atom stereocenters. The van der Waals surface area contributed by atoms with Crippen LogP contribution in [-0.2, 0) is 4.79 Å². The van der Waals surface area contributed by atoms with Gasteiger partial charge in [-0.2, -0.15) is 0 Å². The highest BCUT2D eigenvalue weighted by Crippen LogP contribution is 2.35. The number of carbonyl (C=O) groups excluding carboxylic acids is 1. The number of hydrogen-bond acceptors (Lipinski definition) is 2. The SMILES string of the molecule is CC1CC(C)C(C)N(C(=O)C2(N)CCCC(C)C2)C1. The van der Waals surface area contributed by atoms with Crippen LogP contribution in [0.15, 0.2) is 0 Å². The summed E-state index contributed by atoms with van der Waals surface area (Å²) in [6, 6.07) is 0.335. The topological polar surface area (TPSA) is 46.3 Å². The maximum absolute atomic E-state index is 12.9. The van der Waals surface area contributed by atoms with E-state index in [0.717, 1.165) is 25.8 Å². The number of hydrogen-bond donors (Lipinski definition) is 1. The fourth-order valence-corrected chi connectivity index (χ4v) is 4.06. The molecular formula is C16H30N2O. The molecule has 0 aromatic carbocycles. The van der Waals surface area contributed by atoms with Gasteiger partial charge in [0.05, 0.1) is 5.54 Å². The molecule has 1 amide bonds. The van der Waals surface area contributed by atoms with Crippen LogP contribution < -0.4 is 5.73 Å². The van der Waals surface area contributed by atoms with E-state index in [1.165, 1.54) is 12.8 Å². The molecule has 3 heteroatoms. The molecule has 3 nitrogen and oxygen atoms in total. The summed E-state index contributed by atoms with van der Waals surface area (Å²) in [5, 5.41) is 0. The van der Waals surface area contributed by atoms with Crippen molar-refractivity contribution in [3.8, 4) is 0 Å². The largest absolute Gasteiger partial charge is 0.338 e. The third-order valence-corrected chi connectivity index (χ3v) is 5.32. The van der Waals surface area contributed by atoms with Gasteiger partial charge in [-0.3, -0.25) is 4.79 Å². The van der Waals surface area contributed by atoms with Gasteiger partial charge in [-0.15, -0.1) is 0 Å². The molecule has 1 aliphatic carbocycles. The smallest absolute Gasteiger partial charge is 0.242 e. The van der Waals surface area contributed by atoms with E-state index in [1.54, 1.807) is 0 Å². The summed E-state index contributed by atoms with van der Waals surface area (Å²) in [6.07, 6.45) is 5.25. The fraction of sp³-hybridized carbons (Fsp3) is 0.938. The summed E-state index contributed by atoms with van der Waals surface area (Å²) in [5.41, 5.74) is 5.89. The van der Waals surface area contributed by atoms with E-state index < -0.39 is 5.54 Å². The molecule has 0 aromatic heterocycles. The minimum atomic E-state index is -0.595. The molecule has 1 heterocycles. The van der Waals surface area contributed by atoms with E-state index in [9.17, 15) is 4.79 Å². The molecule has 0 bridgehead atoms. The molecule has 1 aliphatic heterocycles. The molecule has 2 aliphatic rings. The lowest BCUT2D eigenvalue weighted by Crippen LogP contribution is -2.61. The van der Waals surface area contributed by atoms with Crippen molar-refractivity contribution in [2.45, 2.75) is 71.4 Å². The Hall–Kier alpha value is -0.570. The van der Waals surface area contributed by atoms with Gasteiger partial charge in [0.1, 0.15) is 0 Å². The molecule has 0 aromatic rings. The number of piperidine rings is 1. The maximum Gasteiger partial charge on any atom is 0.242 e. The Morgan fingerprint density at radius 3 is 2.53 bits per heavy atom. The van der Waals surface area contributed by atoms with Crippen molar-refractivity contribution in [1.82, 2.24) is 4.90 Å². The minimum Gasteiger partial charge on any atom is -0.338 e. The first kappa shape index (κ1) is 14.8. The lowest BCUT2D eigenvalue weighted by molar-refractivity contribution is -0.145. The lowest BCUT2D eigenvalue weighted by Gasteiger charge is -2.46. The molecule has 19 heavy (non-hydrogen) atoms. The summed E-state index contributed by atoms with van der Waals surface area (Å²) >= 11 is 0. The van der Waals surface area contributed by atoms with E-state index in [0.29, 0.717) is 23.8 Å². The Kier molecular flexibility index (Phi) is 4.24. The third kappa shape index (κ3) is 2.96. The molecule has 1 saturated carbocycles. The highest BCUT2D eigenvalue weighted by molar-refractivity contribution is 5.86. The van der Waals surface area contributed by atoms with Crippen LogP contribution in [-0.4, -0.2) is 28.9 Å². The second-order valence-electron chi connectivity index (χ2n) is 7.37. The minimum absolute atomic E-state index is 0.213. The zero-order valence-corrected chi connectivity index (χ0v) is 13.0. The van der Waals surface area contributed by atoms with Gasteiger partial charge in [0.2, 0.25) is 5.91 Å². The van der Waals surface area contributed by atoms with Gasteiger partial charge in [-0.25, -0.2) is 0 Å².